The van der Waals surface area contributed by atoms with Gasteiger partial charge in [-0.1, -0.05) is 18.2 Å². The lowest BCUT2D eigenvalue weighted by Crippen LogP contribution is -2.08. The van der Waals surface area contributed by atoms with Crippen LogP contribution in [0.3, 0.4) is 0 Å². The van der Waals surface area contributed by atoms with Gasteiger partial charge in [-0.2, -0.15) is 10.4 Å². The van der Waals surface area contributed by atoms with Gasteiger partial charge in [-0.25, -0.2) is 19.4 Å². The van der Waals surface area contributed by atoms with E-state index in [4.69, 9.17) is 10.00 Å². The Labute approximate surface area is 143 Å². The molecule has 2 aromatic heterocycles. The van der Waals surface area contributed by atoms with E-state index in [-0.39, 0.29) is 12.2 Å². The Hall–Kier alpha value is -3.73. The average Bonchev–Trinajstić information content (AvgIpc) is 3.08. The molecule has 0 aliphatic heterocycles. The summed E-state index contributed by atoms with van der Waals surface area (Å²) in [6, 6.07) is 11.4. The fourth-order valence-electron chi connectivity index (χ4n) is 2.20. The van der Waals surface area contributed by atoms with Crippen molar-refractivity contribution in [3.8, 4) is 11.8 Å². The van der Waals surface area contributed by atoms with E-state index in [1.165, 1.54) is 12.5 Å². The first-order chi connectivity index (χ1) is 12.2. The Morgan fingerprint density at radius 2 is 2.16 bits per heavy atom. The predicted octanol–water partition coefficient (Wildman–Crippen LogP) is 2.20. The van der Waals surface area contributed by atoms with Crippen molar-refractivity contribution >= 4 is 22.8 Å². The minimum absolute atomic E-state index is 0.149. The molecule has 0 amide bonds. The first-order valence-corrected chi connectivity index (χ1v) is 7.52. The lowest BCUT2D eigenvalue weighted by molar-refractivity contribution is -0.138. The van der Waals surface area contributed by atoms with Gasteiger partial charge in [0.25, 0.3) is 0 Å². The first kappa shape index (κ1) is 16.1. The van der Waals surface area contributed by atoms with Crippen molar-refractivity contribution in [2.24, 2.45) is 0 Å². The van der Waals surface area contributed by atoms with Crippen LogP contribution in [0.1, 0.15) is 6.92 Å². The minimum atomic E-state index is -0.692. The molecule has 0 saturated carbocycles. The highest BCUT2D eigenvalue weighted by atomic mass is 16.5. The van der Waals surface area contributed by atoms with Gasteiger partial charge in [-0.05, 0) is 19.1 Å². The van der Waals surface area contributed by atoms with E-state index < -0.39 is 5.97 Å². The molecular formula is C17H14N6O2. The van der Waals surface area contributed by atoms with E-state index >= 15 is 0 Å². The van der Waals surface area contributed by atoms with E-state index in [0.29, 0.717) is 16.9 Å². The molecule has 0 unspecified atom stereocenters. The van der Waals surface area contributed by atoms with E-state index in [9.17, 15) is 4.79 Å². The Morgan fingerprint density at radius 1 is 1.36 bits per heavy atom. The van der Waals surface area contributed by atoms with Gasteiger partial charge in [0.05, 0.1) is 23.9 Å². The molecule has 3 rings (SSSR count). The molecule has 0 aliphatic carbocycles. The molecule has 124 valence electrons. The Kier molecular flexibility index (Phi) is 4.67. The molecule has 0 radical (unpaired) electrons. The van der Waals surface area contributed by atoms with Crippen LogP contribution < -0.4 is 5.32 Å². The third-order valence-electron chi connectivity index (χ3n) is 3.34. The number of benzene rings is 1. The van der Waals surface area contributed by atoms with Gasteiger partial charge < -0.3 is 10.1 Å². The van der Waals surface area contributed by atoms with Crippen molar-refractivity contribution in [1.29, 1.82) is 5.26 Å². The van der Waals surface area contributed by atoms with Crippen LogP contribution >= 0.6 is 0 Å². The largest absolute Gasteiger partial charge is 0.462 e. The molecule has 0 spiro atoms. The van der Waals surface area contributed by atoms with Crippen LogP contribution in [0.5, 0.6) is 0 Å². The smallest absolute Gasteiger partial charge is 0.350 e. The lowest BCUT2D eigenvalue weighted by atomic mass is 10.3. The molecule has 2 heterocycles. The maximum Gasteiger partial charge on any atom is 0.350 e. The van der Waals surface area contributed by atoms with Gasteiger partial charge in [0, 0.05) is 6.20 Å². The highest BCUT2D eigenvalue weighted by Crippen LogP contribution is 2.21. The fourth-order valence-corrected chi connectivity index (χ4v) is 2.20. The third-order valence-corrected chi connectivity index (χ3v) is 3.34. The monoisotopic (exact) mass is 334 g/mol. The van der Waals surface area contributed by atoms with Gasteiger partial charge in [0.15, 0.2) is 11.2 Å². The quantitative estimate of drug-likeness (QED) is 0.433. The van der Waals surface area contributed by atoms with Gasteiger partial charge in [0.1, 0.15) is 18.2 Å². The number of nitrogens with zero attached hydrogens (tertiary/aromatic N) is 5. The number of anilines is 1. The number of aromatic nitrogens is 4. The SMILES string of the molecule is CCOC(=O)/C(C#N)=C\Nc1ncnc2c1cnn2-c1ccccc1. The summed E-state index contributed by atoms with van der Waals surface area (Å²) in [6.07, 6.45) is 4.27. The zero-order chi connectivity index (χ0) is 17.6. The summed E-state index contributed by atoms with van der Waals surface area (Å²) in [5, 5.41) is 16.9. The predicted molar refractivity (Wildman–Crippen MR) is 90.6 cm³/mol. The van der Waals surface area contributed by atoms with Crippen molar-refractivity contribution in [2.45, 2.75) is 6.92 Å². The van der Waals surface area contributed by atoms with Crippen LogP contribution in [0, 0.1) is 11.3 Å². The van der Waals surface area contributed by atoms with E-state index in [2.05, 4.69) is 20.4 Å². The normalized spacial score (nSPS) is 11.1. The van der Waals surface area contributed by atoms with Crippen molar-refractivity contribution in [1.82, 2.24) is 19.7 Å². The van der Waals surface area contributed by atoms with Crippen molar-refractivity contribution in [2.75, 3.05) is 11.9 Å². The maximum atomic E-state index is 11.6. The van der Waals surface area contributed by atoms with Crippen LogP contribution in [0.2, 0.25) is 0 Å². The molecule has 0 fully saturated rings. The zero-order valence-corrected chi connectivity index (χ0v) is 13.4. The zero-order valence-electron chi connectivity index (χ0n) is 13.4. The molecule has 0 aliphatic rings. The van der Waals surface area contributed by atoms with Crippen molar-refractivity contribution in [3.05, 3.63) is 54.6 Å². The summed E-state index contributed by atoms with van der Waals surface area (Å²) >= 11 is 0. The third kappa shape index (κ3) is 3.30. The molecular weight excluding hydrogens is 320 g/mol. The Bertz CT molecular complexity index is 972. The number of hydrogen-bond acceptors (Lipinski definition) is 7. The molecule has 25 heavy (non-hydrogen) atoms. The number of nitriles is 1. The number of carbonyl (C=O) groups excluding carboxylic acids is 1. The van der Waals surface area contributed by atoms with E-state index in [0.717, 1.165) is 5.69 Å². The minimum Gasteiger partial charge on any atom is -0.462 e. The summed E-state index contributed by atoms with van der Waals surface area (Å²) in [4.78, 5) is 20.1. The molecule has 8 nitrogen and oxygen atoms in total. The fraction of sp³-hybridized carbons (Fsp3) is 0.118. The summed E-state index contributed by atoms with van der Waals surface area (Å²) < 4.78 is 6.50. The van der Waals surface area contributed by atoms with E-state index in [1.807, 2.05) is 30.3 Å². The second-order valence-corrected chi connectivity index (χ2v) is 4.89. The number of fused-ring (bicyclic) bond motifs is 1. The van der Waals surface area contributed by atoms with Crippen LogP contribution in [0.15, 0.2) is 54.6 Å². The Balaban J connectivity index is 1.95. The second kappa shape index (κ2) is 7.23. The summed E-state index contributed by atoms with van der Waals surface area (Å²) in [5.74, 6) is -0.257. The number of carbonyl (C=O) groups is 1. The van der Waals surface area contributed by atoms with Crippen LogP contribution in [-0.2, 0) is 9.53 Å². The van der Waals surface area contributed by atoms with Gasteiger partial charge in [-0.15, -0.1) is 0 Å². The van der Waals surface area contributed by atoms with Gasteiger partial charge in [-0.3, -0.25) is 0 Å². The summed E-state index contributed by atoms with van der Waals surface area (Å²) in [7, 11) is 0. The number of ether oxygens (including phenoxy) is 1. The highest BCUT2D eigenvalue weighted by Gasteiger charge is 2.12. The van der Waals surface area contributed by atoms with Crippen LogP contribution in [-0.4, -0.2) is 32.3 Å². The number of nitrogens with one attached hydrogen (secondary N) is 1. The molecule has 0 bridgehead atoms. The van der Waals surface area contributed by atoms with Gasteiger partial charge >= 0.3 is 5.97 Å². The second-order valence-electron chi connectivity index (χ2n) is 4.89. The highest BCUT2D eigenvalue weighted by molar-refractivity contribution is 5.94. The number of rotatable bonds is 5. The average molecular weight is 334 g/mol. The number of esters is 1. The van der Waals surface area contributed by atoms with Crippen molar-refractivity contribution < 1.29 is 9.53 Å². The topological polar surface area (TPSA) is 106 Å². The summed E-state index contributed by atoms with van der Waals surface area (Å²) in [5.41, 5.74) is 1.32. The van der Waals surface area contributed by atoms with Crippen LogP contribution in [0.4, 0.5) is 5.82 Å². The molecule has 1 N–H and O–H groups in total. The molecule has 0 saturated heterocycles. The molecule has 3 aromatic rings. The Morgan fingerprint density at radius 3 is 2.88 bits per heavy atom. The molecule has 1 aromatic carbocycles. The maximum absolute atomic E-state index is 11.6. The first-order valence-electron chi connectivity index (χ1n) is 7.52. The lowest BCUT2D eigenvalue weighted by Gasteiger charge is -2.04. The van der Waals surface area contributed by atoms with Gasteiger partial charge in [0.2, 0.25) is 0 Å². The molecule has 8 heteroatoms. The standard InChI is InChI=1S/C17H14N6O2/c1-2-25-17(24)12(8-18)9-19-15-14-10-22-23(16(14)21-11-20-15)13-6-4-3-5-7-13/h3-7,9-11H,2H2,1H3,(H,19,20,21)/b12-9-. The summed E-state index contributed by atoms with van der Waals surface area (Å²) in [6.45, 7) is 1.87. The number of hydrogen-bond donors (Lipinski definition) is 1. The number of para-hydroxylation sites is 1. The van der Waals surface area contributed by atoms with Crippen LogP contribution in [0.25, 0.3) is 16.7 Å². The van der Waals surface area contributed by atoms with Crippen molar-refractivity contribution in [3.63, 3.8) is 0 Å². The molecule has 0 atom stereocenters. The van der Waals surface area contributed by atoms with E-state index in [1.54, 1.807) is 23.9 Å².